The number of halogens is 3. The fraction of sp³-hybridized carbons (Fsp3) is 0.0714. The van der Waals surface area contributed by atoms with Crippen LogP contribution >= 0.6 is 0 Å². The van der Waals surface area contributed by atoms with Gasteiger partial charge in [-0.3, -0.25) is 0 Å². The van der Waals surface area contributed by atoms with Crippen LogP contribution < -0.4 is 0 Å². The quantitative estimate of drug-likeness (QED) is 0.635. The Bertz CT molecular complexity index is 592. The summed E-state index contributed by atoms with van der Waals surface area (Å²) in [5.74, 6) is 0. The van der Waals surface area contributed by atoms with Crippen LogP contribution in [0.1, 0.15) is 11.1 Å². The van der Waals surface area contributed by atoms with Crippen molar-refractivity contribution in [2.24, 2.45) is 0 Å². The Morgan fingerprint density at radius 3 is 2.28 bits per heavy atom. The van der Waals surface area contributed by atoms with Gasteiger partial charge in [0.05, 0.1) is 5.56 Å². The van der Waals surface area contributed by atoms with Crippen molar-refractivity contribution in [1.82, 2.24) is 0 Å². The van der Waals surface area contributed by atoms with Crippen LogP contribution in [0.2, 0.25) is 0 Å². The molecule has 0 N–H and O–H groups in total. The third kappa shape index (κ3) is 3.11. The second-order valence-electron chi connectivity index (χ2n) is 3.64. The van der Waals surface area contributed by atoms with E-state index < -0.39 is 11.7 Å². The molecule has 0 aliphatic carbocycles. The molecule has 0 fully saturated rings. The molecule has 0 saturated carbocycles. The van der Waals surface area contributed by atoms with E-state index in [0.717, 1.165) is 17.7 Å². The lowest BCUT2D eigenvalue weighted by atomic mass is 10.2. The molecule has 1 nitrogen and oxygen atoms in total. The highest BCUT2D eigenvalue weighted by molar-refractivity contribution is 5.51. The number of hydrogen-bond donors (Lipinski definition) is 0. The number of nitrogens with zero attached hydrogens (tertiary/aromatic N) is 1. The molecule has 2 rings (SSSR count). The Hall–Kier alpha value is -2.28. The lowest BCUT2D eigenvalue weighted by Gasteiger charge is -2.03. The van der Waals surface area contributed by atoms with Crippen LogP contribution in [0.25, 0.3) is 4.85 Å². The van der Waals surface area contributed by atoms with E-state index in [0.29, 0.717) is 0 Å². The molecule has 0 aliphatic rings. The first-order valence-corrected chi connectivity index (χ1v) is 5.25. The molecular formula is C14H9F3N+. The van der Waals surface area contributed by atoms with Crippen LogP contribution in [0.5, 0.6) is 0 Å². The molecule has 0 amide bonds. The van der Waals surface area contributed by atoms with Crippen molar-refractivity contribution >= 4 is 5.69 Å². The first-order chi connectivity index (χ1) is 8.55. The average Bonchev–Trinajstić information content (AvgIpc) is 2.37. The molecule has 4 heteroatoms. The van der Waals surface area contributed by atoms with Crippen LogP contribution in [0.4, 0.5) is 18.9 Å². The van der Waals surface area contributed by atoms with E-state index in [1.807, 2.05) is 18.2 Å². The van der Waals surface area contributed by atoms with E-state index >= 15 is 0 Å². The second kappa shape index (κ2) is 4.92. The largest absolute Gasteiger partial charge is 0.416 e. The summed E-state index contributed by atoms with van der Waals surface area (Å²) >= 11 is 0. The summed E-state index contributed by atoms with van der Waals surface area (Å²) in [6, 6.07) is 16.6. The zero-order valence-corrected chi connectivity index (χ0v) is 9.28. The molecule has 0 unspecified atom stereocenters. The van der Waals surface area contributed by atoms with Crippen molar-refractivity contribution in [2.45, 2.75) is 6.18 Å². The molecule has 2 aromatic carbocycles. The van der Waals surface area contributed by atoms with Gasteiger partial charge in [0.25, 0.3) is 0 Å². The number of hydrogen-bond acceptors (Lipinski definition) is 0. The van der Waals surface area contributed by atoms with Crippen LogP contribution in [-0.2, 0) is 6.18 Å². The molecule has 0 bridgehead atoms. The maximum absolute atomic E-state index is 12.5. The molecule has 90 valence electrons. The molecule has 0 atom stereocenters. The predicted molar refractivity (Wildman–Crippen MR) is 63.9 cm³/mol. The Morgan fingerprint density at radius 1 is 0.889 bits per heavy atom. The lowest BCUT2D eigenvalue weighted by molar-refractivity contribution is -0.137. The van der Waals surface area contributed by atoms with Gasteiger partial charge in [0, 0.05) is 12.1 Å². The smallest absolute Gasteiger partial charge is 0.166 e. The Kier molecular flexibility index (Phi) is 3.33. The first kappa shape index (κ1) is 12.2. The summed E-state index contributed by atoms with van der Waals surface area (Å²) in [6.45, 7) is 0. The summed E-state index contributed by atoms with van der Waals surface area (Å²) < 4.78 is 37.4. The zero-order chi connectivity index (χ0) is 13.0. The normalized spacial score (nSPS) is 10.6. The van der Waals surface area contributed by atoms with Gasteiger partial charge in [0.2, 0.25) is 0 Å². The summed E-state index contributed by atoms with van der Waals surface area (Å²) in [5, 5.41) is 0. The number of benzene rings is 2. The molecule has 2 aromatic rings. The molecular weight excluding hydrogens is 239 g/mol. The van der Waals surface area contributed by atoms with Crippen LogP contribution in [0.15, 0.2) is 54.6 Å². The average molecular weight is 248 g/mol. The van der Waals surface area contributed by atoms with Crippen molar-refractivity contribution in [2.75, 3.05) is 0 Å². The Balaban J connectivity index is 2.29. The topological polar surface area (TPSA) is 4.36 Å². The first-order valence-electron chi connectivity index (χ1n) is 5.25. The lowest BCUT2D eigenvalue weighted by Crippen LogP contribution is -2.03. The van der Waals surface area contributed by atoms with E-state index in [4.69, 9.17) is 0 Å². The van der Waals surface area contributed by atoms with Crippen molar-refractivity contribution < 1.29 is 13.2 Å². The zero-order valence-electron chi connectivity index (χ0n) is 9.28. The molecule has 0 aromatic heterocycles. The number of rotatable bonds is 0. The minimum Gasteiger partial charge on any atom is -0.166 e. The summed E-state index contributed by atoms with van der Waals surface area (Å²) in [4.78, 5) is 3.90. The van der Waals surface area contributed by atoms with Gasteiger partial charge >= 0.3 is 17.9 Å². The van der Waals surface area contributed by atoms with Gasteiger partial charge in [-0.1, -0.05) is 24.3 Å². The van der Waals surface area contributed by atoms with Crippen LogP contribution in [-0.4, -0.2) is 0 Å². The van der Waals surface area contributed by atoms with E-state index in [-0.39, 0.29) is 5.69 Å². The Morgan fingerprint density at radius 2 is 1.61 bits per heavy atom. The minimum absolute atomic E-state index is 0.230. The fourth-order valence-electron chi connectivity index (χ4n) is 1.39. The predicted octanol–water partition coefficient (Wildman–Crippen LogP) is 4.72. The van der Waals surface area contributed by atoms with E-state index in [1.165, 1.54) is 12.1 Å². The molecule has 0 spiro atoms. The Labute approximate surface area is 102 Å². The molecule has 0 saturated heterocycles. The van der Waals surface area contributed by atoms with Crippen molar-refractivity contribution in [3.63, 3.8) is 0 Å². The van der Waals surface area contributed by atoms with E-state index in [2.05, 4.69) is 10.9 Å². The van der Waals surface area contributed by atoms with Gasteiger partial charge in [-0.25, -0.2) is 0 Å². The van der Waals surface area contributed by atoms with Gasteiger partial charge in [-0.05, 0) is 23.0 Å². The van der Waals surface area contributed by atoms with E-state index in [9.17, 15) is 13.2 Å². The van der Waals surface area contributed by atoms with E-state index in [1.54, 1.807) is 12.1 Å². The van der Waals surface area contributed by atoms with Gasteiger partial charge < -0.3 is 0 Å². The standard InChI is InChI=1S/C14H9F3N/c15-14(16,17)12-7-4-8-13(9-12)18-10-11-5-2-1-3-6-11/h1-9H/q+1. The van der Waals surface area contributed by atoms with Crippen molar-refractivity contribution in [3.05, 3.63) is 70.6 Å². The third-order valence-electron chi connectivity index (χ3n) is 2.26. The highest BCUT2D eigenvalue weighted by Crippen LogP contribution is 2.31. The highest BCUT2D eigenvalue weighted by Gasteiger charge is 2.31. The van der Waals surface area contributed by atoms with Crippen LogP contribution in [0, 0.1) is 6.07 Å². The second-order valence-corrected chi connectivity index (χ2v) is 3.64. The molecule has 18 heavy (non-hydrogen) atoms. The summed E-state index contributed by atoms with van der Waals surface area (Å²) in [7, 11) is 0. The monoisotopic (exact) mass is 248 g/mol. The third-order valence-corrected chi connectivity index (χ3v) is 2.26. The number of alkyl halides is 3. The minimum atomic E-state index is -4.35. The van der Waals surface area contributed by atoms with Crippen molar-refractivity contribution in [1.29, 1.82) is 0 Å². The molecule has 0 aliphatic heterocycles. The summed E-state index contributed by atoms with van der Waals surface area (Å²) in [5.41, 5.74) is 0.238. The van der Waals surface area contributed by atoms with Gasteiger partial charge in [-0.15, -0.1) is 0 Å². The maximum Gasteiger partial charge on any atom is 0.416 e. The van der Waals surface area contributed by atoms with Gasteiger partial charge in [0.1, 0.15) is 5.56 Å². The highest BCUT2D eigenvalue weighted by atomic mass is 19.4. The fourth-order valence-corrected chi connectivity index (χ4v) is 1.39. The van der Waals surface area contributed by atoms with Gasteiger partial charge in [-0.2, -0.15) is 13.2 Å². The maximum atomic E-state index is 12.5. The molecule has 0 heterocycles. The molecule has 0 radical (unpaired) electrons. The SMILES string of the molecule is FC(F)(F)c1cccc([N+]#Cc2ccccc2)c1. The van der Waals surface area contributed by atoms with Crippen LogP contribution in [0.3, 0.4) is 0 Å². The van der Waals surface area contributed by atoms with Crippen molar-refractivity contribution in [3.8, 4) is 6.07 Å². The van der Waals surface area contributed by atoms with Gasteiger partial charge in [0.15, 0.2) is 0 Å². The summed E-state index contributed by atoms with van der Waals surface area (Å²) in [6.07, 6.45) is -4.35.